The summed E-state index contributed by atoms with van der Waals surface area (Å²) in [5, 5.41) is 3.24. The van der Waals surface area contributed by atoms with Gasteiger partial charge in [-0.2, -0.15) is 0 Å². The molecule has 1 atom stereocenters. The molecule has 1 heterocycles. The van der Waals surface area contributed by atoms with Gasteiger partial charge in [-0.05, 0) is 25.3 Å². The van der Waals surface area contributed by atoms with E-state index in [0.717, 1.165) is 17.9 Å². The first-order valence-corrected chi connectivity index (χ1v) is 8.28. The summed E-state index contributed by atoms with van der Waals surface area (Å²) in [6.45, 7) is 3.15. The Morgan fingerprint density at radius 2 is 2.21 bits per heavy atom. The van der Waals surface area contributed by atoms with Crippen LogP contribution in [-0.2, 0) is 9.84 Å². The second-order valence-corrected chi connectivity index (χ2v) is 7.10. The van der Waals surface area contributed by atoms with Gasteiger partial charge in [-0.15, -0.1) is 0 Å². The van der Waals surface area contributed by atoms with Crippen LogP contribution in [0.25, 0.3) is 0 Å². The molecular weight excluding hydrogens is 264 g/mol. The van der Waals surface area contributed by atoms with Crippen LogP contribution in [0.2, 0.25) is 0 Å². The van der Waals surface area contributed by atoms with Crippen LogP contribution in [-0.4, -0.2) is 33.1 Å². The molecule has 1 unspecified atom stereocenters. The number of rotatable bonds is 5. The van der Waals surface area contributed by atoms with Crippen LogP contribution >= 0.6 is 0 Å². The zero-order chi connectivity index (χ0) is 13.9. The monoisotopic (exact) mass is 284 g/mol. The third-order valence-electron chi connectivity index (χ3n) is 3.16. The van der Waals surface area contributed by atoms with Gasteiger partial charge in [-0.1, -0.05) is 0 Å². The molecule has 6 heteroatoms. The molecule has 0 aliphatic carbocycles. The van der Waals surface area contributed by atoms with E-state index in [0.29, 0.717) is 24.6 Å². The molecule has 0 radical (unpaired) electrons. The van der Waals surface area contributed by atoms with E-state index >= 15 is 0 Å². The molecule has 0 amide bonds. The summed E-state index contributed by atoms with van der Waals surface area (Å²) < 4.78 is 28.2. The van der Waals surface area contributed by atoms with Crippen molar-refractivity contribution in [1.29, 1.82) is 0 Å². The summed E-state index contributed by atoms with van der Waals surface area (Å²) in [6, 6.07) is 5.48. The second-order valence-electron chi connectivity index (χ2n) is 4.87. The maximum atomic E-state index is 11.4. The van der Waals surface area contributed by atoms with Crippen molar-refractivity contribution in [2.45, 2.75) is 13.3 Å². The predicted octanol–water partition coefficient (Wildman–Crippen LogP) is 1.51. The molecule has 0 saturated carbocycles. The minimum absolute atomic E-state index is 0.182. The average molecular weight is 284 g/mol. The van der Waals surface area contributed by atoms with Crippen LogP contribution in [0, 0.1) is 5.92 Å². The quantitative estimate of drug-likeness (QED) is 0.801. The van der Waals surface area contributed by atoms with E-state index in [2.05, 4.69) is 5.32 Å². The number of nitrogen functional groups attached to an aromatic ring is 1. The molecule has 5 nitrogen and oxygen atoms in total. The molecule has 2 rings (SSSR count). The zero-order valence-corrected chi connectivity index (χ0v) is 11.9. The van der Waals surface area contributed by atoms with Crippen molar-refractivity contribution in [2.75, 3.05) is 35.7 Å². The van der Waals surface area contributed by atoms with Crippen LogP contribution in [0.5, 0.6) is 5.75 Å². The Kier molecular flexibility index (Phi) is 4.19. The molecule has 0 spiro atoms. The topological polar surface area (TPSA) is 81.4 Å². The fourth-order valence-electron chi connectivity index (χ4n) is 2.27. The van der Waals surface area contributed by atoms with Crippen molar-refractivity contribution in [3.63, 3.8) is 0 Å². The van der Waals surface area contributed by atoms with Crippen LogP contribution in [0.3, 0.4) is 0 Å². The molecule has 1 aromatic carbocycles. The minimum atomic E-state index is -2.81. The van der Waals surface area contributed by atoms with Gasteiger partial charge in [0.05, 0.1) is 18.1 Å². The highest BCUT2D eigenvalue weighted by molar-refractivity contribution is 7.91. The SMILES string of the molecule is CCOc1cc(N)cc(NCC2CCS(=O)(=O)C2)c1. The van der Waals surface area contributed by atoms with Crippen molar-refractivity contribution in [1.82, 2.24) is 0 Å². The third-order valence-corrected chi connectivity index (χ3v) is 5.00. The van der Waals surface area contributed by atoms with E-state index in [-0.39, 0.29) is 11.7 Å². The van der Waals surface area contributed by atoms with Crippen LogP contribution < -0.4 is 15.8 Å². The van der Waals surface area contributed by atoms with Gasteiger partial charge in [0, 0.05) is 30.1 Å². The molecule has 19 heavy (non-hydrogen) atoms. The van der Waals surface area contributed by atoms with E-state index in [1.54, 1.807) is 6.07 Å². The highest BCUT2D eigenvalue weighted by atomic mass is 32.2. The number of hydrogen-bond acceptors (Lipinski definition) is 5. The largest absolute Gasteiger partial charge is 0.494 e. The smallest absolute Gasteiger partial charge is 0.150 e. The van der Waals surface area contributed by atoms with Crippen molar-refractivity contribution in [3.8, 4) is 5.75 Å². The Labute approximate surface area is 114 Å². The van der Waals surface area contributed by atoms with E-state index in [1.165, 1.54) is 0 Å². The highest BCUT2D eigenvalue weighted by Crippen LogP contribution is 2.24. The van der Waals surface area contributed by atoms with Gasteiger partial charge >= 0.3 is 0 Å². The number of sulfone groups is 1. The van der Waals surface area contributed by atoms with Crippen molar-refractivity contribution < 1.29 is 13.2 Å². The minimum Gasteiger partial charge on any atom is -0.494 e. The lowest BCUT2D eigenvalue weighted by Gasteiger charge is -2.13. The lowest BCUT2D eigenvalue weighted by molar-refractivity contribution is 0.340. The van der Waals surface area contributed by atoms with Crippen molar-refractivity contribution >= 4 is 21.2 Å². The van der Waals surface area contributed by atoms with Gasteiger partial charge in [0.1, 0.15) is 5.75 Å². The first-order valence-electron chi connectivity index (χ1n) is 6.46. The molecule has 0 aromatic heterocycles. The Hall–Kier alpha value is -1.43. The summed E-state index contributed by atoms with van der Waals surface area (Å²) in [7, 11) is -2.81. The summed E-state index contributed by atoms with van der Waals surface area (Å²) in [5.41, 5.74) is 7.30. The van der Waals surface area contributed by atoms with Gasteiger partial charge in [0.2, 0.25) is 0 Å². The van der Waals surface area contributed by atoms with E-state index in [1.807, 2.05) is 19.1 Å². The number of ether oxygens (including phenoxy) is 1. The fraction of sp³-hybridized carbons (Fsp3) is 0.538. The summed E-state index contributed by atoms with van der Waals surface area (Å²) in [4.78, 5) is 0. The van der Waals surface area contributed by atoms with Gasteiger partial charge in [-0.25, -0.2) is 8.42 Å². The number of anilines is 2. The molecular formula is C13H20N2O3S. The standard InChI is InChI=1S/C13H20N2O3S/c1-2-18-13-6-11(14)5-12(7-13)15-8-10-3-4-19(16,17)9-10/h5-7,10,15H,2-4,8-9,14H2,1H3. The summed E-state index contributed by atoms with van der Waals surface area (Å²) in [5.74, 6) is 1.49. The van der Waals surface area contributed by atoms with E-state index < -0.39 is 9.84 Å². The van der Waals surface area contributed by atoms with Crippen LogP contribution in [0.15, 0.2) is 18.2 Å². The first-order chi connectivity index (χ1) is 8.98. The molecule has 1 saturated heterocycles. The molecule has 3 N–H and O–H groups in total. The first kappa shape index (κ1) is 14.0. The maximum absolute atomic E-state index is 11.4. The lowest BCUT2D eigenvalue weighted by atomic mass is 10.1. The van der Waals surface area contributed by atoms with Gasteiger partial charge < -0.3 is 15.8 Å². The molecule has 1 aliphatic rings. The molecule has 106 valence electrons. The Morgan fingerprint density at radius 3 is 2.84 bits per heavy atom. The predicted molar refractivity (Wildman–Crippen MR) is 77.3 cm³/mol. The number of hydrogen-bond donors (Lipinski definition) is 2. The van der Waals surface area contributed by atoms with Crippen LogP contribution in [0.1, 0.15) is 13.3 Å². The molecule has 0 bridgehead atoms. The lowest BCUT2D eigenvalue weighted by Crippen LogP contribution is -2.15. The number of nitrogens with one attached hydrogen (secondary N) is 1. The maximum Gasteiger partial charge on any atom is 0.150 e. The van der Waals surface area contributed by atoms with E-state index in [9.17, 15) is 8.42 Å². The second kappa shape index (κ2) is 5.69. The molecule has 1 fully saturated rings. The van der Waals surface area contributed by atoms with Gasteiger partial charge in [-0.3, -0.25) is 0 Å². The van der Waals surface area contributed by atoms with Crippen LogP contribution in [0.4, 0.5) is 11.4 Å². The van der Waals surface area contributed by atoms with Gasteiger partial charge in [0.25, 0.3) is 0 Å². The Morgan fingerprint density at radius 1 is 1.42 bits per heavy atom. The average Bonchev–Trinajstić information content (AvgIpc) is 2.66. The van der Waals surface area contributed by atoms with Crippen molar-refractivity contribution in [2.24, 2.45) is 5.92 Å². The van der Waals surface area contributed by atoms with Gasteiger partial charge in [0.15, 0.2) is 9.84 Å². The summed E-state index contributed by atoms with van der Waals surface area (Å²) >= 11 is 0. The number of nitrogens with two attached hydrogens (primary N) is 1. The summed E-state index contributed by atoms with van der Waals surface area (Å²) in [6.07, 6.45) is 0.732. The Bertz CT molecular complexity index is 543. The Balaban J connectivity index is 1.96. The third kappa shape index (κ3) is 4.02. The molecule has 1 aliphatic heterocycles. The number of benzene rings is 1. The zero-order valence-electron chi connectivity index (χ0n) is 11.1. The highest BCUT2D eigenvalue weighted by Gasteiger charge is 2.27. The van der Waals surface area contributed by atoms with Crippen molar-refractivity contribution in [3.05, 3.63) is 18.2 Å². The molecule has 1 aromatic rings. The van der Waals surface area contributed by atoms with E-state index in [4.69, 9.17) is 10.5 Å². The fourth-order valence-corrected chi connectivity index (χ4v) is 4.13. The normalized spacial score (nSPS) is 21.2.